The fraction of sp³-hybridized carbons (Fsp3) is 0.462. The zero-order valence-corrected chi connectivity index (χ0v) is 9.61. The van der Waals surface area contributed by atoms with Gasteiger partial charge in [0, 0.05) is 13.2 Å². The van der Waals surface area contributed by atoms with E-state index >= 15 is 0 Å². The van der Waals surface area contributed by atoms with Crippen molar-refractivity contribution in [2.45, 2.75) is 19.8 Å². The molecular weight excluding hydrogens is 200 g/mol. The third kappa shape index (κ3) is 3.92. The number of para-hydroxylation sites is 1. The van der Waals surface area contributed by atoms with Gasteiger partial charge in [-0.25, -0.2) is 0 Å². The fourth-order valence-electron chi connectivity index (χ4n) is 1.50. The molecule has 2 N–H and O–H groups in total. The zero-order valence-electron chi connectivity index (χ0n) is 9.61. The molecule has 1 unspecified atom stereocenters. The number of nitriles is 1. The Morgan fingerprint density at radius 3 is 2.88 bits per heavy atom. The Hall–Kier alpha value is -1.53. The number of hydrogen-bond acceptors (Lipinski definition) is 3. The van der Waals surface area contributed by atoms with Gasteiger partial charge in [-0.2, -0.15) is 5.26 Å². The van der Waals surface area contributed by atoms with Gasteiger partial charge in [0.15, 0.2) is 0 Å². The summed E-state index contributed by atoms with van der Waals surface area (Å²) in [5.41, 5.74) is 1.57. The Kier molecular flexibility index (Phi) is 5.38. The molecule has 0 radical (unpaired) electrons. The van der Waals surface area contributed by atoms with Crippen LogP contribution in [0.3, 0.4) is 0 Å². The van der Waals surface area contributed by atoms with Gasteiger partial charge >= 0.3 is 0 Å². The summed E-state index contributed by atoms with van der Waals surface area (Å²) in [6, 6.07) is 9.64. The Morgan fingerprint density at radius 2 is 2.19 bits per heavy atom. The van der Waals surface area contributed by atoms with Gasteiger partial charge in [-0.3, -0.25) is 0 Å². The smallest absolute Gasteiger partial charge is 0.101 e. The van der Waals surface area contributed by atoms with Crippen LogP contribution in [-0.2, 0) is 0 Å². The van der Waals surface area contributed by atoms with Gasteiger partial charge in [-0.05, 0) is 30.9 Å². The van der Waals surface area contributed by atoms with E-state index in [-0.39, 0.29) is 6.61 Å². The van der Waals surface area contributed by atoms with Gasteiger partial charge in [0.1, 0.15) is 6.07 Å². The highest BCUT2D eigenvalue weighted by molar-refractivity contribution is 5.56. The molecule has 0 fully saturated rings. The summed E-state index contributed by atoms with van der Waals surface area (Å²) in [6.07, 6.45) is 2.00. The number of nitrogens with zero attached hydrogens (tertiary/aromatic N) is 1. The Labute approximate surface area is 96.7 Å². The van der Waals surface area contributed by atoms with E-state index in [1.807, 2.05) is 25.1 Å². The van der Waals surface area contributed by atoms with Crippen molar-refractivity contribution in [1.82, 2.24) is 0 Å². The normalized spacial score (nSPS) is 11.8. The largest absolute Gasteiger partial charge is 0.396 e. The molecule has 1 aromatic rings. The van der Waals surface area contributed by atoms with Gasteiger partial charge in [-0.15, -0.1) is 0 Å². The summed E-state index contributed by atoms with van der Waals surface area (Å²) >= 11 is 0. The Balaban J connectivity index is 2.35. The van der Waals surface area contributed by atoms with Crippen LogP contribution in [0.5, 0.6) is 0 Å². The number of benzene rings is 1. The molecule has 86 valence electrons. The number of aliphatic hydroxyl groups is 1. The van der Waals surface area contributed by atoms with E-state index in [0.29, 0.717) is 11.5 Å². The molecule has 0 aromatic heterocycles. The first-order valence-corrected chi connectivity index (χ1v) is 5.61. The van der Waals surface area contributed by atoms with Crippen molar-refractivity contribution in [3.63, 3.8) is 0 Å². The lowest BCUT2D eigenvalue weighted by Gasteiger charge is -2.10. The lowest BCUT2D eigenvalue weighted by Crippen LogP contribution is -2.07. The molecule has 1 rings (SSSR count). The van der Waals surface area contributed by atoms with E-state index in [4.69, 9.17) is 10.4 Å². The average Bonchev–Trinajstić information content (AvgIpc) is 2.34. The number of rotatable bonds is 6. The van der Waals surface area contributed by atoms with Crippen LogP contribution in [0.25, 0.3) is 0 Å². The third-order valence-corrected chi connectivity index (χ3v) is 2.55. The fourth-order valence-corrected chi connectivity index (χ4v) is 1.50. The molecule has 1 atom stereocenters. The minimum absolute atomic E-state index is 0.245. The zero-order chi connectivity index (χ0) is 11.8. The topological polar surface area (TPSA) is 56.0 Å². The minimum Gasteiger partial charge on any atom is -0.396 e. The molecule has 0 aliphatic carbocycles. The molecule has 0 aliphatic rings. The molecular formula is C13H18N2O. The highest BCUT2D eigenvalue weighted by Crippen LogP contribution is 2.14. The van der Waals surface area contributed by atoms with Crippen molar-refractivity contribution in [1.29, 1.82) is 5.26 Å². The van der Waals surface area contributed by atoms with Crippen LogP contribution < -0.4 is 5.32 Å². The van der Waals surface area contributed by atoms with E-state index in [1.54, 1.807) is 6.07 Å². The highest BCUT2D eigenvalue weighted by Gasteiger charge is 2.01. The van der Waals surface area contributed by atoms with Gasteiger partial charge in [0.05, 0.1) is 11.3 Å². The summed E-state index contributed by atoms with van der Waals surface area (Å²) < 4.78 is 0. The molecule has 0 spiro atoms. The van der Waals surface area contributed by atoms with Crippen molar-refractivity contribution in [2.24, 2.45) is 5.92 Å². The second kappa shape index (κ2) is 6.86. The van der Waals surface area contributed by atoms with Crippen molar-refractivity contribution in [3.05, 3.63) is 29.8 Å². The van der Waals surface area contributed by atoms with Crippen LogP contribution in [0.15, 0.2) is 24.3 Å². The van der Waals surface area contributed by atoms with Crippen LogP contribution in [0.4, 0.5) is 5.69 Å². The lowest BCUT2D eigenvalue weighted by molar-refractivity contribution is 0.229. The lowest BCUT2D eigenvalue weighted by atomic mass is 10.1. The first kappa shape index (κ1) is 12.5. The maximum atomic E-state index is 8.88. The first-order valence-electron chi connectivity index (χ1n) is 5.61. The van der Waals surface area contributed by atoms with Crippen LogP contribution in [0, 0.1) is 17.2 Å². The molecule has 0 amide bonds. The SMILES string of the molecule is CC(CO)CCCNc1ccccc1C#N. The standard InChI is InChI=1S/C13H18N2O/c1-11(10-16)5-4-8-15-13-7-3-2-6-12(13)9-14/h2-3,6-7,11,15-16H,4-5,8,10H2,1H3. The average molecular weight is 218 g/mol. The number of aliphatic hydroxyl groups excluding tert-OH is 1. The van der Waals surface area contributed by atoms with E-state index in [9.17, 15) is 0 Å². The van der Waals surface area contributed by atoms with E-state index in [2.05, 4.69) is 11.4 Å². The predicted octanol–water partition coefficient (Wildman–Crippen LogP) is 2.38. The summed E-state index contributed by atoms with van der Waals surface area (Å²) in [6.45, 7) is 3.11. The number of nitrogens with one attached hydrogen (secondary N) is 1. The minimum atomic E-state index is 0.245. The molecule has 1 aromatic carbocycles. The summed E-state index contributed by atoms with van der Waals surface area (Å²) in [4.78, 5) is 0. The third-order valence-electron chi connectivity index (χ3n) is 2.55. The Bertz CT molecular complexity index is 357. The maximum absolute atomic E-state index is 8.88. The van der Waals surface area contributed by atoms with Crippen molar-refractivity contribution < 1.29 is 5.11 Å². The van der Waals surface area contributed by atoms with Gasteiger partial charge < -0.3 is 10.4 Å². The van der Waals surface area contributed by atoms with E-state index in [0.717, 1.165) is 25.1 Å². The second-order valence-corrected chi connectivity index (χ2v) is 4.01. The van der Waals surface area contributed by atoms with Crippen LogP contribution in [-0.4, -0.2) is 18.3 Å². The quantitative estimate of drug-likeness (QED) is 0.721. The van der Waals surface area contributed by atoms with Crippen LogP contribution in [0.1, 0.15) is 25.3 Å². The van der Waals surface area contributed by atoms with Crippen LogP contribution >= 0.6 is 0 Å². The molecule has 16 heavy (non-hydrogen) atoms. The summed E-state index contributed by atoms with van der Waals surface area (Å²) in [5.74, 6) is 0.355. The van der Waals surface area contributed by atoms with Crippen molar-refractivity contribution in [2.75, 3.05) is 18.5 Å². The maximum Gasteiger partial charge on any atom is 0.101 e. The molecule has 0 aliphatic heterocycles. The van der Waals surface area contributed by atoms with Gasteiger partial charge in [0.25, 0.3) is 0 Å². The summed E-state index contributed by atoms with van der Waals surface area (Å²) in [5, 5.41) is 21.0. The van der Waals surface area contributed by atoms with E-state index < -0.39 is 0 Å². The first-order chi connectivity index (χ1) is 7.77. The second-order valence-electron chi connectivity index (χ2n) is 4.01. The molecule has 0 saturated carbocycles. The van der Waals surface area contributed by atoms with Crippen molar-refractivity contribution >= 4 is 5.69 Å². The molecule has 0 bridgehead atoms. The van der Waals surface area contributed by atoms with Crippen molar-refractivity contribution in [3.8, 4) is 6.07 Å². The molecule has 3 heteroatoms. The Morgan fingerprint density at radius 1 is 1.44 bits per heavy atom. The molecule has 0 heterocycles. The monoisotopic (exact) mass is 218 g/mol. The molecule has 3 nitrogen and oxygen atoms in total. The molecule has 0 saturated heterocycles. The van der Waals surface area contributed by atoms with Gasteiger partial charge in [-0.1, -0.05) is 19.1 Å². The van der Waals surface area contributed by atoms with Crippen LogP contribution in [0.2, 0.25) is 0 Å². The van der Waals surface area contributed by atoms with Gasteiger partial charge in [0.2, 0.25) is 0 Å². The summed E-state index contributed by atoms with van der Waals surface area (Å²) in [7, 11) is 0. The van der Waals surface area contributed by atoms with E-state index in [1.165, 1.54) is 0 Å². The highest BCUT2D eigenvalue weighted by atomic mass is 16.3. The number of hydrogen-bond donors (Lipinski definition) is 2. The number of anilines is 1. The predicted molar refractivity (Wildman–Crippen MR) is 65.1 cm³/mol.